The zero-order chi connectivity index (χ0) is 15.6. The summed E-state index contributed by atoms with van der Waals surface area (Å²) in [5.41, 5.74) is 7.00. The molecule has 2 aromatic rings. The minimum Gasteiger partial charge on any atom is -0.326 e. The fraction of sp³-hybridized carbons (Fsp3) is 0.143. The van der Waals surface area contributed by atoms with Crippen molar-refractivity contribution in [3.63, 3.8) is 0 Å². The lowest BCUT2D eigenvalue weighted by atomic mass is 10.1. The van der Waals surface area contributed by atoms with Crippen LogP contribution in [0.2, 0.25) is 0 Å². The molecule has 3 N–H and O–H groups in total. The second kappa shape index (κ2) is 6.13. The molecule has 21 heavy (non-hydrogen) atoms. The van der Waals surface area contributed by atoms with E-state index in [4.69, 9.17) is 5.73 Å². The molecule has 0 fully saturated rings. The van der Waals surface area contributed by atoms with E-state index in [1.54, 1.807) is 19.1 Å². The van der Waals surface area contributed by atoms with Crippen LogP contribution in [0, 0.1) is 12.7 Å². The molecule has 0 heterocycles. The van der Waals surface area contributed by atoms with Gasteiger partial charge in [0.2, 0.25) is 0 Å². The molecule has 7 heteroatoms. The molecule has 0 spiro atoms. The molecule has 0 unspecified atom stereocenters. The first-order valence-electron chi connectivity index (χ1n) is 6.11. The van der Waals surface area contributed by atoms with Crippen LogP contribution in [0.4, 0.5) is 10.1 Å². The predicted octanol–water partition coefficient (Wildman–Crippen LogP) is 3.16. The van der Waals surface area contributed by atoms with Crippen LogP contribution in [0.25, 0.3) is 0 Å². The second-order valence-electron chi connectivity index (χ2n) is 4.54. The van der Waals surface area contributed by atoms with Crippen molar-refractivity contribution < 1.29 is 12.8 Å². The van der Waals surface area contributed by atoms with Gasteiger partial charge in [-0.2, -0.15) is 0 Å². The van der Waals surface area contributed by atoms with Gasteiger partial charge in [-0.3, -0.25) is 4.72 Å². The fourth-order valence-electron chi connectivity index (χ4n) is 1.83. The van der Waals surface area contributed by atoms with Crippen LogP contribution in [0.15, 0.2) is 45.8 Å². The highest BCUT2D eigenvalue weighted by molar-refractivity contribution is 9.10. The SMILES string of the molecule is Cc1ccc(CN)cc1S(=O)(=O)Nc1ccc(Br)c(F)c1. The van der Waals surface area contributed by atoms with Crippen LogP contribution in [-0.4, -0.2) is 8.42 Å². The molecule has 0 saturated heterocycles. The molecule has 0 radical (unpaired) electrons. The van der Waals surface area contributed by atoms with Gasteiger partial charge in [0.05, 0.1) is 15.1 Å². The Morgan fingerprint density at radius 1 is 1.24 bits per heavy atom. The van der Waals surface area contributed by atoms with Crippen LogP contribution in [0.1, 0.15) is 11.1 Å². The van der Waals surface area contributed by atoms with Crippen molar-refractivity contribution in [3.05, 3.63) is 57.8 Å². The van der Waals surface area contributed by atoms with Gasteiger partial charge in [-0.15, -0.1) is 0 Å². The highest BCUT2D eigenvalue weighted by Crippen LogP contribution is 2.23. The van der Waals surface area contributed by atoms with Crippen molar-refractivity contribution in [2.75, 3.05) is 4.72 Å². The number of aryl methyl sites for hydroxylation is 1. The molecule has 4 nitrogen and oxygen atoms in total. The van der Waals surface area contributed by atoms with Crippen molar-refractivity contribution in [2.24, 2.45) is 5.73 Å². The van der Waals surface area contributed by atoms with Crippen LogP contribution in [0.3, 0.4) is 0 Å². The first-order valence-corrected chi connectivity index (χ1v) is 8.38. The summed E-state index contributed by atoms with van der Waals surface area (Å²) >= 11 is 3.02. The summed E-state index contributed by atoms with van der Waals surface area (Å²) < 4.78 is 40.9. The van der Waals surface area contributed by atoms with E-state index in [1.165, 1.54) is 18.2 Å². The summed E-state index contributed by atoms with van der Waals surface area (Å²) in [7, 11) is -3.79. The van der Waals surface area contributed by atoms with E-state index in [1.807, 2.05) is 0 Å². The number of nitrogens with one attached hydrogen (secondary N) is 1. The third kappa shape index (κ3) is 3.61. The molecule has 112 valence electrons. The summed E-state index contributed by atoms with van der Waals surface area (Å²) in [6, 6.07) is 9.02. The van der Waals surface area contributed by atoms with Crippen LogP contribution >= 0.6 is 15.9 Å². The van der Waals surface area contributed by atoms with Crippen molar-refractivity contribution in [1.29, 1.82) is 0 Å². The lowest BCUT2D eigenvalue weighted by molar-refractivity contribution is 0.600. The highest BCUT2D eigenvalue weighted by Gasteiger charge is 2.18. The number of anilines is 1. The maximum absolute atomic E-state index is 13.5. The van der Waals surface area contributed by atoms with E-state index in [0.717, 1.165) is 6.07 Å². The molecule has 0 aliphatic heterocycles. The van der Waals surface area contributed by atoms with Crippen LogP contribution in [0.5, 0.6) is 0 Å². The van der Waals surface area contributed by atoms with Gasteiger partial charge in [-0.05, 0) is 58.2 Å². The van der Waals surface area contributed by atoms with Gasteiger partial charge in [0.15, 0.2) is 0 Å². The molecular formula is C14H14BrFN2O2S. The fourth-order valence-corrected chi connectivity index (χ4v) is 3.42. The predicted molar refractivity (Wildman–Crippen MR) is 84.0 cm³/mol. The summed E-state index contributed by atoms with van der Waals surface area (Å²) in [5.74, 6) is -0.539. The van der Waals surface area contributed by atoms with E-state index in [-0.39, 0.29) is 21.6 Å². The molecule has 0 saturated carbocycles. The van der Waals surface area contributed by atoms with E-state index in [0.29, 0.717) is 11.1 Å². The highest BCUT2D eigenvalue weighted by atomic mass is 79.9. The minimum absolute atomic E-state index is 0.133. The Bertz CT molecular complexity index is 779. The number of benzene rings is 2. The lowest BCUT2D eigenvalue weighted by Gasteiger charge is -2.12. The summed E-state index contributed by atoms with van der Waals surface area (Å²) in [6.45, 7) is 1.94. The van der Waals surface area contributed by atoms with Crippen molar-refractivity contribution in [2.45, 2.75) is 18.4 Å². The van der Waals surface area contributed by atoms with Gasteiger partial charge in [-0.25, -0.2) is 12.8 Å². The van der Waals surface area contributed by atoms with Crippen molar-refractivity contribution in [1.82, 2.24) is 0 Å². The standard InChI is InChI=1S/C14H14BrFN2O2S/c1-9-2-3-10(8-17)6-14(9)21(19,20)18-11-4-5-12(15)13(16)7-11/h2-7,18H,8,17H2,1H3. The van der Waals surface area contributed by atoms with Gasteiger partial charge >= 0.3 is 0 Å². The normalized spacial score (nSPS) is 11.4. The van der Waals surface area contributed by atoms with Crippen LogP contribution in [-0.2, 0) is 16.6 Å². The smallest absolute Gasteiger partial charge is 0.262 e. The number of sulfonamides is 1. The maximum Gasteiger partial charge on any atom is 0.262 e. The molecular weight excluding hydrogens is 359 g/mol. The Labute approximate surface area is 131 Å². The van der Waals surface area contributed by atoms with E-state index in [9.17, 15) is 12.8 Å². The summed E-state index contributed by atoms with van der Waals surface area (Å²) in [6.07, 6.45) is 0. The number of rotatable bonds is 4. The van der Waals surface area contributed by atoms with Crippen molar-refractivity contribution >= 4 is 31.6 Å². The number of hydrogen-bond acceptors (Lipinski definition) is 3. The van der Waals surface area contributed by atoms with Gasteiger partial charge in [0, 0.05) is 6.54 Å². The van der Waals surface area contributed by atoms with Crippen molar-refractivity contribution in [3.8, 4) is 0 Å². The van der Waals surface area contributed by atoms with E-state index >= 15 is 0 Å². The zero-order valence-corrected chi connectivity index (χ0v) is 13.6. The molecule has 2 aromatic carbocycles. The number of nitrogens with two attached hydrogens (primary N) is 1. The third-order valence-electron chi connectivity index (χ3n) is 2.95. The van der Waals surface area contributed by atoms with E-state index < -0.39 is 15.8 Å². The molecule has 0 amide bonds. The number of hydrogen-bond donors (Lipinski definition) is 2. The maximum atomic E-state index is 13.5. The van der Waals surface area contributed by atoms with E-state index in [2.05, 4.69) is 20.7 Å². The number of halogens is 2. The topological polar surface area (TPSA) is 72.2 Å². The van der Waals surface area contributed by atoms with Gasteiger partial charge in [0.1, 0.15) is 5.82 Å². The van der Waals surface area contributed by atoms with Gasteiger partial charge in [0.25, 0.3) is 10.0 Å². The molecule has 2 rings (SSSR count). The molecule has 0 bridgehead atoms. The van der Waals surface area contributed by atoms with Gasteiger partial charge < -0.3 is 5.73 Å². The third-order valence-corrected chi connectivity index (χ3v) is 5.12. The Morgan fingerprint density at radius 2 is 1.95 bits per heavy atom. The minimum atomic E-state index is -3.79. The summed E-state index contributed by atoms with van der Waals surface area (Å²) in [5, 5.41) is 0. The first kappa shape index (κ1) is 15.9. The Balaban J connectivity index is 2.40. The Kier molecular flexibility index (Phi) is 4.65. The van der Waals surface area contributed by atoms with Crippen LogP contribution < -0.4 is 10.5 Å². The Morgan fingerprint density at radius 3 is 2.57 bits per heavy atom. The lowest BCUT2D eigenvalue weighted by Crippen LogP contribution is -2.15. The largest absolute Gasteiger partial charge is 0.326 e. The zero-order valence-electron chi connectivity index (χ0n) is 11.2. The first-order chi connectivity index (χ1) is 9.83. The average molecular weight is 373 g/mol. The molecule has 0 aromatic heterocycles. The monoisotopic (exact) mass is 372 g/mol. The Hall–Kier alpha value is -1.44. The molecule has 0 aliphatic carbocycles. The molecule has 0 aliphatic rings. The quantitative estimate of drug-likeness (QED) is 0.865. The average Bonchev–Trinajstić information content (AvgIpc) is 2.43. The second-order valence-corrected chi connectivity index (χ2v) is 7.04. The van der Waals surface area contributed by atoms with Gasteiger partial charge in [-0.1, -0.05) is 12.1 Å². The molecule has 0 atom stereocenters. The summed E-state index contributed by atoms with van der Waals surface area (Å²) in [4.78, 5) is 0.133.